The maximum Gasteiger partial charge on any atom is 0.416 e. The third-order valence-corrected chi connectivity index (χ3v) is 6.17. The first-order valence-electron chi connectivity index (χ1n) is 11.0. The van der Waals surface area contributed by atoms with E-state index < -0.39 is 11.7 Å². The van der Waals surface area contributed by atoms with Gasteiger partial charge in [-0.05, 0) is 47.4 Å². The first kappa shape index (κ1) is 24.3. The maximum absolute atomic E-state index is 13.1. The summed E-state index contributed by atoms with van der Waals surface area (Å²) in [6, 6.07) is 20.1. The lowest BCUT2D eigenvalue weighted by Gasteiger charge is -2.20. The minimum absolute atomic E-state index is 0.160. The van der Waals surface area contributed by atoms with Crippen LogP contribution in [0.15, 0.2) is 72.8 Å². The third-order valence-electron chi connectivity index (χ3n) is 6.17. The minimum Gasteiger partial charge on any atom is -0.497 e. The topological polar surface area (TPSA) is 73.3 Å². The Balaban J connectivity index is 1.85. The van der Waals surface area contributed by atoms with Crippen LogP contribution in [-0.4, -0.2) is 21.8 Å². The van der Waals surface area contributed by atoms with Gasteiger partial charge in [-0.15, -0.1) is 0 Å². The Morgan fingerprint density at radius 3 is 2.26 bits per heavy atom. The van der Waals surface area contributed by atoms with Gasteiger partial charge in [-0.1, -0.05) is 48.5 Å². The lowest BCUT2D eigenvalue weighted by molar-refractivity contribution is -0.137. The summed E-state index contributed by atoms with van der Waals surface area (Å²) in [4.78, 5) is 4.68. The first-order valence-corrected chi connectivity index (χ1v) is 11.0. The molecular formula is C27H26F3N3O2. The summed E-state index contributed by atoms with van der Waals surface area (Å²) in [6.07, 6.45) is -4.00. The number of benzene rings is 3. The van der Waals surface area contributed by atoms with Gasteiger partial charge in [-0.3, -0.25) is 0 Å². The Labute approximate surface area is 201 Å². The van der Waals surface area contributed by atoms with Gasteiger partial charge in [-0.2, -0.15) is 13.2 Å². The van der Waals surface area contributed by atoms with Crippen molar-refractivity contribution in [1.82, 2.24) is 9.55 Å². The van der Waals surface area contributed by atoms with E-state index in [1.54, 1.807) is 18.7 Å². The van der Waals surface area contributed by atoms with E-state index in [9.17, 15) is 18.3 Å². The van der Waals surface area contributed by atoms with Crippen LogP contribution in [-0.2, 0) is 26.3 Å². The number of nitrogen functional groups attached to an aromatic ring is 1. The van der Waals surface area contributed by atoms with Crippen LogP contribution in [0, 0.1) is 0 Å². The van der Waals surface area contributed by atoms with Crippen molar-refractivity contribution in [2.45, 2.75) is 25.1 Å². The number of nitrogens with zero attached hydrogens (tertiary/aromatic N) is 2. The number of aromatic nitrogens is 2. The zero-order valence-electron chi connectivity index (χ0n) is 19.4. The summed E-state index contributed by atoms with van der Waals surface area (Å²) < 4.78 is 46.3. The number of rotatable bonds is 7. The predicted octanol–water partition coefficient (Wildman–Crippen LogP) is 5.56. The summed E-state index contributed by atoms with van der Waals surface area (Å²) in [7, 11) is 3.39. The second-order valence-corrected chi connectivity index (χ2v) is 8.30. The highest BCUT2D eigenvalue weighted by atomic mass is 19.4. The van der Waals surface area contributed by atoms with Crippen molar-refractivity contribution in [2.24, 2.45) is 7.05 Å². The van der Waals surface area contributed by atoms with E-state index in [1.807, 2.05) is 48.5 Å². The van der Waals surface area contributed by atoms with E-state index in [4.69, 9.17) is 10.5 Å². The minimum atomic E-state index is -4.40. The molecule has 1 heterocycles. The van der Waals surface area contributed by atoms with Gasteiger partial charge in [0.1, 0.15) is 5.75 Å². The molecule has 0 bridgehead atoms. The van der Waals surface area contributed by atoms with Gasteiger partial charge in [0, 0.05) is 18.5 Å². The molecule has 0 spiro atoms. The molecule has 0 aliphatic heterocycles. The quantitative estimate of drug-likeness (QED) is 0.362. The smallest absolute Gasteiger partial charge is 0.416 e. The van der Waals surface area contributed by atoms with Crippen LogP contribution in [0.1, 0.15) is 33.9 Å². The molecule has 0 amide bonds. The van der Waals surface area contributed by atoms with E-state index in [-0.39, 0.29) is 12.5 Å². The van der Waals surface area contributed by atoms with Gasteiger partial charge in [0.25, 0.3) is 0 Å². The number of halogens is 3. The van der Waals surface area contributed by atoms with Gasteiger partial charge < -0.3 is 20.1 Å². The Kier molecular flexibility index (Phi) is 6.84. The monoisotopic (exact) mass is 481 g/mol. The molecule has 0 aliphatic carbocycles. The summed E-state index contributed by atoms with van der Waals surface area (Å²) in [5.41, 5.74) is 10.1. The Morgan fingerprint density at radius 2 is 1.66 bits per heavy atom. The standard InChI is InChI=1S/C27H26F3N3O2/c1-33-25(22-6-4-3-5-19(22)16-34)24(32-26(33)31)23(18-9-13-21(35-2)14-10-18)15-17-7-11-20(12-8-17)27(28,29)30/h3-14,23,34H,15-16H2,1-2H3,(H2,31,32). The summed E-state index contributed by atoms with van der Waals surface area (Å²) in [5.74, 6) is 0.671. The first-order chi connectivity index (χ1) is 16.7. The second kappa shape index (κ2) is 9.84. The van der Waals surface area contributed by atoms with Gasteiger partial charge in [0.2, 0.25) is 5.95 Å². The molecule has 1 atom stereocenters. The number of aliphatic hydroxyl groups excluding tert-OH is 1. The normalized spacial score (nSPS) is 12.5. The van der Waals surface area contributed by atoms with Crippen molar-refractivity contribution in [2.75, 3.05) is 12.8 Å². The van der Waals surface area contributed by atoms with Crippen LogP contribution in [0.3, 0.4) is 0 Å². The van der Waals surface area contributed by atoms with E-state index >= 15 is 0 Å². The van der Waals surface area contributed by atoms with E-state index in [0.717, 1.165) is 40.1 Å². The van der Waals surface area contributed by atoms with Crippen LogP contribution in [0.25, 0.3) is 11.3 Å². The Bertz CT molecular complexity index is 1300. The fraction of sp³-hybridized carbons (Fsp3) is 0.222. The van der Waals surface area contributed by atoms with Crippen molar-refractivity contribution >= 4 is 5.95 Å². The lowest BCUT2D eigenvalue weighted by Crippen LogP contribution is -2.10. The van der Waals surface area contributed by atoms with Gasteiger partial charge >= 0.3 is 6.18 Å². The number of hydrogen-bond acceptors (Lipinski definition) is 4. The Hall–Kier alpha value is -3.78. The second-order valence-electron chi connectivity index (χ2n) is 8.30. The number of ether oxygens (including phenoxy) is 1. The fourth-order valence-electron chi connectivity index (χ4n) is 4.26. The van der Waals surface area contributed by atoms with E-state index in [1.165, 1.54) is 12.1 Å². The SMILES string of the molecule is COc1ccc(C(Cc2ccc(C(F)(F)F)cc2)c2nc(N)n(C)c2-c2ccccc2CO)cc1. The molecule has 3 aromatic carbocycles. The van der Waals surface area contributed by atoms with E-state index in [0.29, 0.717) is 23.8 Å². The van der Waals surface area contributed by atoms with Crippen molar-refractivity contribution in [1.29, 1.82) is 0 Å². The van der Waals surface area contributed by atoms with Crippen LogP contribution in [0.5, 0.6) is 5.75 Å². The molecule has 0 radical (unpaired) electrons. The number of nitrogens with two attached hydrogens (primary N) is 1. The molecule has 182 valence electrons. The highest BCUT2D eigenvalue weighted by Gasteiger charge is 2.31. The maximum atomic E-state index is 13.1. The average molecular weight is 482 g/mol. The number of hydrogen-bond donors (Lipinski definition) is 2. The van der Waals surface area contributed by atoms with Crippen molar-refractivity contribution in [3.63, 3.8) is 0 Å². The van der Waals surface area contributed by atoms with Crippen LogP contribution >= 0.6 is 0 Å². The van der Waals surface area contributed by atoms with Gasteiger partial charge in [0.15, 0.2) is 0 Å². The number of aliphatic hydroxyl groups is 1. The summed E-state index contributed by atoms with van der Waals surface area (Å²) in [6.45, 7) is -0.160. The summed E-state index contributed by atoms with van der Waals surface area (Å²) >= 11 is 0. The number of anilines is 1. The fourth-order valence-corrected chi connectivity index (χ4v) is 4.26. The molecule has 0 saturated heterocycles. The molecule has 1 unspecified atom stereocenters. The van der Waals surface area contributed by atoms with Gasteiger partial charge in [0.05, 0.1) is 30.7 Å². The van der Waals surface area contributed by atoms with Crippen LogP contribution < -0.4 is 10.5 Å². The largest absolute Gasteiger partial charge is 0.497 e. The summed E-state index contributed by atoms with van der Waals surface area (Å²) in [5, 5.41) is 9.94. The van der Waals surface area contributed by atoms with E-state index in [2.05, 4.69) is 4.98 Å². The molecule has 35 heavy (non-hydrogen) atoms. The highest BCUT2D eigenvalue weighted by molar-refractivity contribution is 5.70. The molecule has 4 aromatic rings. The molecule has 1 aromatic heterocycles. The molecular weight excluding hydrogens is 455 g/mol. The molecule has 0 aliphatic rings. The van der Waals surface area contributed by atoms with Crippen LogP contribution in [0.2, 0.25) is 0 Å². The zero-order chi connectivity index (χ0) is 25.2. The molecule has 8 heteroatoms. The molecule has 0 fully saturated rings. The number of imidazole rings is 1. The number of methoxy groups -OCH3 is 1. The third kappa shape index (κ3) is 5.02. The van der Waals surface area contributed by atoms with Crippen molar-refractivity contribution in [3.05, 3.63) is 101 Å². The molecule has 0 saturated carbocycles. The molecule has 3 N–H and O–H groups in total. The Morgan fingerprint density at radius 1 is 1.00 bits per heavy atom. The lowest BCUT2D eigenvalue weighted by atomic mass is 9.86. The number of alkyl halides is 3. The van der Waals surface area contributed by atoms with Crippen LogP contribution in [0.4, 0.5) is 19.1 Å². The molecule has 4 rings (SSSR count). The zero-order valence-corrected chi connectivity index (χ0v) is 19.4. The highest BCUT2D eigenvalue weighted by Crippen LogP contribution is 2.38. The van der Waals surface area contributed by atoms with Gasteiger partial charge in [-0.25, -0.2) is 4.98 Å². The van der Waals surface area contributed by atoms with Crippen molar-refractivity contribution in [3.8, 4) is 17.0 Å². The predicted molar refractivity (Wildman–Crippen MR) is 129 cm³/mol. The molecule has 5 nitrogen and oxygen atoms in total. The average Bonchev–Trinajstić information content (AvgIpc) is 3.15. The van der Waals surface area contributed by atoms with Crippen molar-refractivity contribution < 1.29 is 23.0 Å².